The number of rotatable bonds is 7. The van der Waals surface area contributed by atoms with Crippen molar-refractivity contribution in [3.8, 4) is 6.07 Å². The summed E-state index contributed by atoms with van der Waals surface area (Å²) in [6.45, 7) is 23.2. The van der Waals surface area contributed by atoms with Crippen molar-refractivity contribution >= 4 is 0 Å². The number of benzene rings is 2. The highest BCUT2D eigenvalue weighted by molar-refractivity contribution is 5.40. The Morgan fingerprint density at radius 2 is 1.38 bits per heavy atom. The van der Waals surface area contributed by atoms with Gasteiger partial charge in [-0.15, -0.1) is 0 Å². The van der Waals surface area contributed by atoms with E-state index in [1.807, 2.05) is 0 Å². The summed E-state index contributed by atoms with van der Waals surface area (Å²) in [7, 11) is 0. The van der Waals surface area contributed by atoms with Gasteiger partial charge in [-0.3, -0.25) is 4.90 Å². The summed E-state index contributed by atoms with van der Waals surface area (Å²) < 4.78 is 0. The summed E-state index contributed by atoms with van der Waals surface area (Å²) >= 11 is 0. The van der Waals surface area contributed by atoms with Crippen LogP contribution in [0.5, 0.6) is 0 Å². The normalized spacial score (nSPS) is 11.5. The van der Waals surface area contributed by atoms with Crippen molar-refractivity contribution in [2.75, 3.05) is 6.54 Å². The van der Waals surface area contributed by atoms with Crippen LogP contribution in [0.15, 0.2) is 48.5 Å². The summed E-state index contributed by atoms with van der Waals surface area (Å²) in [6, 6.07) is 20.6. The maximum atomic E-state index is 8.84. The summed E-state index contributed by atoms with van der Waals surface area (Å²) in [5.74, 6) is 1.25. The molecule has 0 spiro atoms. The van der Waals surface area contributed by atoms with E-state index in [2.05, 4.69) is 129 Å². The molecule has 0 saturated carbocycles. The standard InChI is InChI=1S/C18H19N.C8H19N.C4H10/c1-3-17(16-7-5-4-6-8-16)18-13-15(11-12-19)10-9-14(18)2;1-6-9(7(2)3)8(4)5;1-4(2)3/h4-10,13,17H,3,11H2,1-2H3;7-8H,6H2,1-5H3;4H,1-3H3. The van der Waals surface area contributed by atoms with Gasteiger partial charge in [0.1, 0.15) is 0 Å². The first-order valence-corrected chi connectivity index (χ1v) is 12.4. The molecule has 1 unspecified atom stereocenters. The lowest BCUT2D eigenvalue weighted by Gasteiger charge is -2.28. The van der Waals surface area contributed by atoms with E-state index in [4.69, 9.17) is 5.26 Å². The summed E-state index contributed by atoms with van der Waals surface area (Å²) in [5, 5.41) is 8.84. The molecule has 2 aromatic carbocycles. The maximum absolute atomic E-state index is 8.84. The summed E-state index contributed by atoms with van der Waals surface area (Å²) in [5.41, 5.74) is 5.11. The minimum Gasteiger partial charge on any atom is -0.299 e. The zero-order chi connectivity index (χ0) is 24.7. The lowest BCUT2D eigenvalue weighted by atomic mass is 9.85. The van der Waals surface area contributed by atoms with Gasteiger partial charge in [0.05, 0.1) is 12.5 Å². The van der Waals surface area contributed by atoms with Crippen molar-refractivity contribution in [2.45, 2.75) is 100 Å². The molecule has 2 nitrogen and oxygen atoms in total. The summed E-state index contributed by atoms with van der Waals surface area (Å²) in [6.07, 6.45) is 1.55. The van der Waals surface area contributed by atoms with Gasteiger partial charge in [-0.05, 0) is 75.8 Å². The third-order valence-electron chi connectivity index (χ3n) is 5.30. The Balaban J connectivity index is 0.000000618. The molecule has 0 amide bonds. The monoisotopic (exact) mass is 436 g/mol. The van der Waals surface area contributed by atoms with Crippen LogP contribution in [0, 0.1) is 24.2 Å². The van der Waals surface area contributed by atoms with Crippen molar-refractivity contribution < 1.29 is 0 Å². The number of nitriles is 1. The molecule has 2 aromatic rings. The molecule has 178 valence electrons. The molecule has 32 heavy (non-hydrogen) atoms. The van der Waals surface area contributed by atoms with Gasteiger partial charge >= 0.3 is 0 Å². The molecular weight excluding hydrogens is 388 g/mol. The lowest BCUT2D eigenvalue weighted by Crippen LogP contribution is -2.36. The third kappa shape index (κ3) is 11.5. The van der Waals surface area contributed by atoms with Crippen molar-refractivity contribution in [2.24, 2.45) is 5.92 Å². The van der Waals surface area contributed by atoms with Crippen molar-refractivity contribution in [1.82, 2.24) is 4.90 Å². The Morgan fingerprint density at radius 1 is 0.844 bits per heavy atom. The van der Waals surface area contributed by atoms with Crippen LogP contribution >= 0.6 is 0 Å². The average molecular weight is 437 g/mol. The predicted molar refractivity (Wildman–Crippen MR) is 142 cm³/mol. The minimum absolute atomic E-state index is 0.417. The minimum atomic E-state index is 0.417. The molecule has 0 N–H and O–H groups in total. The van der Waals surface area contributed by atoms with Gasteiger partial charge in [0.2, 0.25) is 0 Å². The van der Waals surface area contributed by atoms with Gasteiger partial charge in [0.25, 0.3) is 0 Å². The predicted octanol–water partition coefficient (Wildman–Crippen LogP) is 8.39. The van der Waals surface area contributed by atoms with Crippen LogP contribution < -0.4 is 0 Å². The Morgan fingerprint density at radius 3 is 1.75 bits per heavy atom. The molecular formula is C30H48N2. The van der Waals surface area contributed by atoms with Gasteiger partial charge in [0.15, 0.2) is 0 Å². The molecule has 0 saturated heterocycles. The maximum Gasteiger partial charge on any atom is 0.0669 e. The first-order chi connectivity index (χ1) is 15.1. The van der Waals surface area contributed by atoms with Crippen LogP contribution in [-0.4, -0.2) is 23.5 Å². The van der Waals surface area contributed by atoms with Crippen LogP contribution in [0.1, 0.15) is 96.9 Å². The first-order valence-electron chi connectivity index (χ1n) is 12.4. The fourth-order valence-electron chi connectivity index (χ4n) is 3.91. The second kappa shape index (κ2) is 16.5. The first kappa shape index (κ1) is 29.9. The van der Waals surface area contributed by atoms with E-state index in [0.717, 1.165) is 24.4 Å². The molecule has 0 bridgehead atoms. The van der Waals surface area contributed by atoms with Crippen molar-refractivity contribution in [3.05, 3.63) is 70.8 Å². The number of hydrogen-bond donors (Lipinski definition) is 0. The van der Waals surface area contributed by atoms with E-state index in [0.29, 0.717) is 24.4 Å². The largest absolute Gasteiger partial charge is 0.299 e. The molecule has 0 aliphatic rings. The zero-order valence-corrected chi connectivity index (χ0v) is 22.4. The summed E-state index contributed by atoms with van der Waals surface area (Å²) in [4.78, 5) is 2.46. The van der Waals surface area contributed by atoms with E-state index in [9.17, 15) is 0 Å². The molecule has 2 heteroatoms. The highest BCUT2D eigenvalue weighted by Gasteiger charge is 2.14. The average Bonchev–Trinajstić information content (AvgIpc) is 2.72. The van der Waals surface area contributed by atoms with Crippen LogP contribution in [0.4, 0.5) is 0 Å². The van der Waals surface area contributed by atoms with E-state index >= 15 is 0 Å². The second-order valence-electron chi connectivity index (χ2n) is 9.65. The van der Waals surface area contributed by atoms with Crippen LogP contribution in [0.2, 0.25) is 0 Å². The van der Waals surface area contributed by atoms with E-state index in [1.165, 1.54) is 16.7 Å². The van der Waals surface area contributed by atoms with Crippen LogP contribution in [0.25, 0.3) is 0 Å². The molecule has 0 fully saturated rings. The molecule has 1 atom stereocenters. The topological polar surface area (TPSA) is 27.0 Å². The quantitative estimate of drug-likeness (QED) is 0.435. The Hall–Kier alpha value is -2.11. The number of hydrogen-bond acceptors (Lipinski definition) is 2. The van der Waals surface area contributed by atoms with Gasteiger partial charge in [0, 0.05) is 18.0 Å². The van der Waals surface area contributed by atoms with Crippen molar-refractivity contribution in [1.29, 1.82) is 5.26 Å². The van der Waals surface area contributed by atoms with E-state index in [-0.39, 0.29) is 0 Å². The molecule has 0 radical (unpaired) electrons. The Bertz CT molecular complexity index is 758. The molecule has 2 rings (SSSR count). The zero-order valence-electron chi connectivity index (χ0n) is 22.4. The van der Waals surface area contributed by atoms with Gasteiger partial charge in [-0.1, -0.05) is 83.1 Å². The SMILES string of the molecule is CC(C)C.CCC(c1ccccc1)c1cc(CC#N)ccc1C.CCN(C(C)C)C(C)C. The molecule has 0 aromatic heterocycles. The molecule has 0 aliphatic carbocycles. The smallest absolute Gasteiger partial charge is 0.0669 e. The third-order valence-corrected chi connectivity index (χ3v) is 5.30. The Kier molecular flexibility index (Phi) is 15.4. The Labute approximate surface area is 199 Å². The fourth-order valence-corrected chi connectivity index (χ4v) is 3.91. The number of nitrogens with zero attached hydrogens (tertiary/aromatic N) is 2. The highest BCUT2D eigenvalue weighted by atomic mass is 15.2. The fraction of sp³-hybridized carbons (Fsp3) is 0.567. The van der Waals surface area contributed by atoms with Crippen molar-refractivity contribution in [3.63, 3.8) is 0 Å². The molecule has 0 heterocycles. The molecule has 0 aliphatic heterocycles. The van der Waals surface area contributed by atoms with E-state index in [1.54, 1.807) is 0 Å². The van der Waals surface area contributed by atoms with E-state index < -0.39 is 0 Å². The highest BCUT2D eigenvalue weighted by Crippen LogP contribution is 2.30. The second-order valence-corrected chi connectivity index (χ2v) is 9.65. The van der Waals surface area contributed by atoms with Crippen LogP contribution in [0.3, 0.4) is 0 Å². The lowest BCUT2D eigenvalue weighted by molar-refractivity contribution is 0.185. The van der Waals surface area contributed by atoms with Gasteiger partial charge in [-0.2, -0.15) is 5.26 Å². The van der Waals surface area contributed by atoms with Gasteiger partial charge < -0.3 is 0 Å². The number of aryl methyl sites for hydroxylation is 1. The van der Waals surface area contributed by atoms with Crippen LogP contribution in [-0.2, 0) is 6.42 Å². The van der Waals surface area contributed by atoms with Gasteiger partial charge in [-0.25, -0.2) is 0 Å².